The van der Waals surface area contributed by atoms with Gasteiger partial charge in [-0.1, -0.05) is 25.1 Å². The van der Waals surface area contributed by atoms with Crippen LogP contribution >= 0.6 is 0 Å². The number of nitrogens with zero attached hydrogens (tertiary/aromatic N) is 2. The van der Waals surface area contributed by atoms with E-state index in [-0.39, 0.29) is 0 Å². The maximum Gasteiger partial charge on any atom is 0.223 e. The van der Waals surface area contributed by atoms with Crippen molar-refractivity contribution in [1.29, 1.82) is 0 Å². The van der Waals surface area contributed by atoms with E-state index in [1.807, 2.05) is 13.0 Å². The van der Waals surface area contributed by atoms with Gasteiger partial charge in [-0.25, -0.2) is 9.97 Å². The minimum Gasteiger partial charge on any atom is -0.354 e. The average Bonchev–Trinajstić information content (AvgIpc) is 2.39. The number of aromatic nitrogens is 2. The molecule has 0 aliphatic carbocycles. The van der Waals surface area contributed by atoms with Crippen molar-refractivity contribution in [3.05, 3.63) is 41.1 Å². The Balaban J connectivity index is 2.44. The zero-order chi connectivity index (χ0) is 13.8. The van der Waals surface area contributed by atoms with Gasteiger partial charge in [0.25, 0.3) is 0 Å². The summed E-state index contributed by atoms with van der Waals surface area (Å²) in [6.45, 7) is 9.31. The summed E-state index contributed by atoms with van der Waals surface area (Å²) in [4.78, 5) is 9.05. The zero-order valence-electron chi connectivity index (χ0n) is 12.1. The molecule has 0 aliphatic heterocycles. The minimum atomic E-state index is 0.720. The van der Waals surface area contributed by atoms with E-state index in [0.717, 1.165) is 30.3 Å². The third kappa shape index (κ3) is 3.11. The van der Waals surface area contributed by atoms with Gasteiger partial charge in [-0.15, -0.1) is 0 Å². The predicted octanol–water partition coefficient (Wildman–Crippen LogP) is 3.89. The van der Waals surface area contributed by atoms with Gasteiger partial charge in [-0.05, 0) is 44.4 Å². The fraction of sp³-hybridized carbons (Fsp3) is 0.375. The van der Waals surface area contributed by atoms with Crippen LogP contribution in [-0.4, -0.2) is 16.5 Å². The number of nitrogens with one attached hydrogen (secondary N) is 1. The van der Waals surface area contributed by atoms with Crippen LogP contribution in [0, 0.1) is 20.8 Å². The lowest BCUT2D eigenvalue weighted by Crippen LogP contribution is -2.06. The Morgan fingerprint density at radius 3 is 2.63 bits per heavy atom. The highest BCUT2D eigenvalue weighted by Gasteiger charge is 2.08. The highest BCUT2D eigenvalue weighted by atomic mass is 15.1. The molecule has 3 heteroatoms. The Bertz CT molecular complexity index is 576. The van der Waals surface area contributed by atoms with Gasteiger partial charge in [0, 0.05) is 17.8 Å². The molecule has 19 heavy (non-hydrogen) atoms. The molecule has 0 atom stereocenters. The SMILES string of the molecule is CCCNc1nc(C)cc(-c2cccc(C)c2C)n1. The number of anilines is 1. The van der Waals surface area contributed by atoms with Crippen LogP contribution in [-0.2, 0) is 0 Å². The second kappa shape index (κ2) is 5.83. The van der Waals surface area contributed by atoms with Crippen LogP contribution in [0.5, 0.6) is 0 Å². The summed E-state index contributed by atoms with van der Waals surface area (Å²) in [5.41, 5.74) is 5.74. The Kier molecular flexibility index (Phi) is 4.15. The van der Waals surface area contributed by atoms with E-state index in [1.165, 1.54) is 16.7 Å². The number of hydrogen-bond donors (Lipinski definition) is 1. The van der Waals surface area contributed by atoms with Gasteiger partial charge in [0.05, 0.1) is 5.69 Å². The van der Waals surface area contributed by atoms with E-state index < -0.39 is 0 Å². The van der Waals surface area contributed by atoms with E-state index >= 15 is 0 Å². The Labute approximate surface area is 115 Å². The highest BCUT2D eigenvalue weighted by molar-refractivity contribution is 5.66. The molecule has 100 valence electrons. The molecule has 0 radical (unpaired) electrons. The zero-order valence-corrected chi connectivity index (χ0v) is 12.1. The van der Waals surface area contributed by atoms with Crippen LogP contribution in [0.2, 0.25) is 0 Å². The smallest absolute Gasteiger partial charge is 0.223 e. The average molecular weight is 255 g/mol. The molecule has 2 aromatic rings. The molecule has 3 nitrogen and oxygen atoms in total. The van der Waals surface area contributed by atoms with Crippen molar-refractivity contribution in [3.63, 3.8) is 0 Å². The van der Waals surface area contributed by atoms with Gasteiger partial charge < -0.3 is 5.32 Å². The second-order valence-electron chi connectivity index (χ2n) is 4.89. The van der Waals surface area contributed by atoms with Crippen LogP contribution in [0.25, 0.3) is 11.3 Å². The topological polar surface area (TPSA) is 37.8 Å². The summed E-state index contributed by atoms with van der Waals surface area (Å²) in [6.07, 6.45) is 1.07. The van der Waals surface area contributed by atoms with Crippen molar-refractivity contribution < 1.29 is 0 Å². The molecular weight excluding hydrogens is 234 g/mol. The molecule has 1 heterocycles. The molecule has 2 rings (SSSR count). The van der Waals surface area contributed by atoms with Crippen molar-refractivity contribution in [2.45, 2.75) is 34.1 Å². The normalized spacial score (nSPS) is 10.5. The lowest BCUT2D eigenvalue weighted by atomic mass is 10.0. The number of rotatable bonds is 4. The Hall–Kier alpha value is -1.90. The number of hydrogen-bond acceptors (Lipinski definition) is 3. The van der Waals surface area contributed by atoms with E-state index in [0.29, 0.717) is 0 Å². The summed E-state index contributed by atoms with van der Waals surface area (Å²) in [7, 11) is 0. The summed E-state index contributed by atoms with van der Waals surface area (Å²) in [5.74, 6) is 0.720. The summed E-state index contributed by atoms with van der Waals surface area (Å²) in [6, 6.07) is 8.37. The van der Waals surface area contributed by atoms with E-state index in [2.05, 4.69) is 54.3 Å². The Morgan fingerprint density at radius 2 is 1.89 bits per heavy atom. The molecule has 0 saturated heterocycles. The molecule has 1 aromatic carbocycles. The van der Waals surface area contributed by atoms with Gasteiger partial charge in [0.1, 0.15) is 0 Å². The largest absolute Gasteiger partial charge is 0.354 e. The van der Waals surface area contributed by atoms with Gasteiger partial charge in [0.15, 0.2) is 0 Å². The second-order valence-corrected chi connectivity index (χ2v) is 4.89. The van der Waals surface area contributed by atoms with Crippen molar-refractivity contribution >= 4 is 5.95 Å². The van der Waals surface area contributed by atoms with E-state index in [9.17, 15) is 0 Å². The predicted molar refractivity (Wildman–Crippen MR) is 80.5 cm³/mol. The molecule has 0 saturated carbocycles. The number of aryl methyl sites for hydroxylation is 2. The standard InChI is InChI=1S/C16H21N3/c1-5-9-17-16-18-12(3)10-15(19-16)14-8-6-7-11(2)13(14)4/h6-8,10H,5,9H2,1-4H3,(H,17,18,19). The van der Waals surface area contributed by atoms with Crippen LogP contribution < -0.4 is 5.32 Å². The fourth-order valence-electron chi connectivity index (χ4n) is 2.05. The highest BCUT2D eigenvalue weighted by Crippen LogP contribution is 2.25. The molecule has 1 N–H and O–H groups in total. The van der Waals surface area contributed by atoms with Gasteiger partial charge in [-0.3, -0.25) is 0 Å². The van der Waals surface area contributed by atoms with Crippen LogP contribution in [0.15, 0.2) is 24.3 Å². The van der Waals surface area contributed by atoms with Crippen molar-refractivity contribution in [3.8, 4) is 11.3 Å². The van der Waals surface area contributed by atoms with Gasteiger partial charge in [0.2, 0.25) is 5.95 Å². The molecule has 0 aliphatic rings. The number of benzene rings is 1. The quantitative estimate of drug-likeness (QED) is 0.900. The Morgan fingerprint density at radius 1 is 1.11 bits per heavy atom. The molecule has 0 bridgehead atoms. The first-order valence-corrected chi connectivity index (χ1v) is 6.78. The summed E-state index contributed by atoms with van der Waals surface area (Å²) < 4.78 is 0. The lowest BCUT2D eigenvalue weighted by molar-refractivity contribution is 0.947. The summed E-state index contributed by atoms with van der Waals surface area (Å²) in [5, 5.41) is 3.26. The first-order chi connectivity index (χ1) is 9.11. The maximum absolute atomic E-state index is 4.62. The third-order valence-electron chi connectivity index (χ3n) is 3.27. The molecule has 0 unspecified atom stereocenters. The molecule has 0 spiro atoms. The molecule has 0 amide bonds. The molecular formula is C16H21N3. The maximum atomic E-state index is 4.62. The first-order valence-electron chi connectivity index (χ1n) is 6.78. The fourth-order valence-corrected chi connectivity index (χ4v) is 2.05. The third-order valence-corrected chi connectivity index (χ3v) is 3.27. The minimum absolute atomic E-state index is 0.720. The van der Waals surface area contributed by atoms with Gasteiger partial charge in [-0.2, -0.15) is 0 Å². The van der Waals surface area contributed by atoms with Crippen LogP contribution in [0.3, 0.4) is 0 Å². The van der Waals surface area contributed by atoms with Crippen LogP contribution in [0.1, 0.15) is 30.2 Å². The van der Waals surface area contributed by atoms with Gasteiger partial charge >= 0.3 is 0 Å². The van der Waals surface area contributed by atoms with E-state index in [4.69, 9.17) is 0 Å². The monoisotopic (exact) mass is 255 g/mol. The van der Waals surface area contributed by atoms with Crippen molar-refractivity contribution in [2.75, 3.05) is 11.9 Å². The summed E-state index contributed by atoms with van der Waals surface area (Å²) >= 11 is 0. The molecule has 1 aromatic heterocycles. The van der Waals surface area contributed by atoms with Crippen LogP contribution in [0.4, 0.5) is 5.95 Å². The van der Waals surface area contributed by atoms with E-state index in [1.54, 1.807) is 0 Å². The van der Waals surface area contributed by atoms with Crippen molar-refractivity contribution in [1.82, 2.24) is 9.97 Å². The molecule has 0 fully saturated rings. The lowest BCUT2D eigenvalue weighted by Gasteiger charge is -2.11. The first kappa shape index (κ1) is 13.5. The van der Waals surface area contributed by atoms with Crippen molar-refractivity contribution in [2.24, 2.45) is 0 Å².